The Hall–Kier alpha value is -4.76. The van der Waals surface area contributed by atoms with E-state index in [4.69, 9.17) is 23.2 Å². The number of hydrogen-bond acceptors (Lipinski definition) is 7. The van der Waals surface area contributed by atoms with Gasteiger partial charge in [-0.15, -0.1) is 0 Å². The van der Waals surface area contributed by atoms with Gasteiger partial charge in [0.15, 0.2) is 0 Å². The minimum atomic E-state index is -1.37. The third-order valence-electron chi connectivity index (χ3n) is 8.39. The van der Waals surface area contributed by atoms with Crippen LogP contribution in [0.5, 0.6) is 0 Å². The van der Waals surface area contributed by atoms with Gasteiger partial charge in [0, 0.05) is 22.7 Å². The zero-order valence-electron chi connectivity index (χ0n) is 24.9. The van der Waals surface area contributed by atoms with Crippen molar-refractivity contribution in [1.29, 1.82) is 5.26 Å². The van der Waals surface area contributed by atoms with Crippen molar-refractivity contribution in [1.82, 2.24) is 25.2 Å². The number of nitriles is 1. The number of imidazole rings is 1. The minimum Gasteiger partial charge on any atom is -0.391 e. The van der Waals surface area contributed by atoms with Crippen molar-refractivity contribution in [2.75, 3.05) is 4.90 Å². The van der Waals surface area contributed by atoms with Gasteiger partial charge in [-0.1, -0.05) is 41.4 Å². The predicted octanol–water partition coefficient (Wildman–Crippen LogP) is 4.38. The van der Waals surface area contributed by atoms with Crippen LogP contribution < -0.4 is 15.5 Å². The number of benzene rings is 2. The first-order chi connectivity index (χ1) is 22.0. The second kappa shape index (κ2) is 11.9. The maximum Gasteiger partial charge on any atom is 0.270 e. The summed E-state index contributed by atoms with van der Waals surface area (Å²) in [7, 11) is 0. The Morgan fingerprint density at radius 1 is 1.09 bits per heavy atom. The van der Waals surface area contributed by atoms with Gasteiger partial charge in [0.2, 0.25) is 11.9 Å². The Morgan fingerprint density at radius 3 is 2.37 bits per heavy atom. The van der Waals surface area contributed by atoms with Crippen LogP contribution in [0, 0.1) is 11.3 Å². The number of rotatable bonds is 9. The van der Waals surface area contributed by atoms with Crippen molar-refractivity contribution in [3.63, 3.8) is 0 Å². The van der Waals surface area contributed by atoms with E-state index in [-0.39, 0.29) is 18.1 Å². The summed E-state index contributed by atoms with van der Waals surface area (Å²) >= 11 is 12.6. The van der Waals surface area contributed by atoms with E-state index < -0.39 is 40.9 Å². The third kappa shape index (κ3) is 5.60. The summed E-state index contributed by atoms with van der Waals surface area (Å²) < 4.78 is 1.52. The molecule has 4 aromatic rings. The van der Waals surface area contributed by atoms with Crippen LogP contribution in [0.15, 0.2) is 73.1 Å². The van der Waals surface area contributed by atoms with Crippen molar-refractivity contribution < 1.29 is 19.5 Å². The second-order valence-electron chi connectivity index (χ2n) is 11.8. The number of aliphatic hydroxyl groups is 1. The predicted molar refractivity (Wildman–Crippen MR) is 171 cm³/mol. The smallest absolute Gasteiger partial charge is 0.270 e. The molecule has 0 bridgehead atoms. The molecule has 2 aliphatic rings. The highest BCUT2D eigenvalue weighted by Crippen LogP contribution is 2.45. The normalized spacial score (nSPS) is 19.1. The van der Waals surface area contributed by atoms with Gasteiger partial charge in [0.25, 0.3) is 11.8 Å². The van der Waals surface area contributed by atoms with E-state index in [1.54, 1.807) is 55.6 Å². The van der Waals surface area contributed by atoms with Crippen LogP contribution in [0.25, 0.3) is 0 Å². The first-order valence-electron chi connectivity index (χ1n) is 14.6. The number of anilines is 2. The fourth-order valence-corrected chi connectivity index (χ4v) is 6.39. The summed E-state index contributed by atoms with van der Waals surface area (Å²) in [5, 5.41) is 26.1. The van der Waals surface area contributed by atoms with Gasteiger partial charge in [-0.3, -0.25) is 23.9 Å². The molecule has 1 fully saturated rings. The molecule has 1 saturated carbocycles. The van der Waals surface area contributed by atoms with Crippen molar-refractivity contribution in [3.8, 4) is 6.07 Å². The standard InChI is InChI=1S/C33H29Cl2N7O4/c1-19(43)27(29(45)40-33(10-11-33)26-5-3-4-12-37-26)39-28(44)25-18-38-31-41(24-14-22(34)13-23(35)15-24)30(46)32(2,42(25)31)16-20-6-8-21(17-36)9-7-20/h3-9,12-15,18-19,27,43H,10-11,16H2,1-2H3,(H,39,44)(H,40,45)/t19?,27-,32-/m1/s1. The van der Waals surface area contributed by atoms with Crippen molar-refractivity contribution in [2.24, 2.45) is 0 Å². The molecule has 3 amide bonds. The van der Waals surface area contributed by atoms with Crippen LogP contribution in [0.1, 0.15) is 54.0 Å². The van der Waals surface area contributed by atoms with Crippen LogP contribution in [0.3, 0.4) is 0 Å². The molecule has 1 unspecified atom stereocenters. The van der Waals surface area contributed by atoms with Gasteiger partial charge < -0.3 is 15.7 Å². The summed E-state index contributed by atoms with van der Waals surface area (Å²) in [4.78, 5) is 51.9. The minimum absolute atomic E-state index is 0.000527. The molecule has 6 rings (SSSR count). The van der Waals surface area contributed by atoms with Crippen LogP contribution in [0.4, 0.5) is 11.6 Å². The molecule has 0 radical (unpaired) electrons. The zero-order valence-corrected chi connectivity index (χ0v) is 26.4. The molecule has 3 heterocycles. The zero-order chi connectivity index (χ0) is 32.8. The molecule has 3 atom stereocenters. The topological polar surface area (TPSA) is 153 Å². The summed E-state index contributed by atoms with van der Waals surface area (Å²) in [6, 6.07) is 17.7. The summed E-state index contributed by atoms with van der Waals surface area (Å²) in [5.74, 6) is -1.54. The van der Waals surface area contributed by atoms with E-state index in [1.807, 2.05) is 12.1 Å². The lowest BCUT2D eigenvalue weighted by Gasteiger charge is -2.28. The lowest BCUT2D eigenvalue weighted by molar-refractivity contribution is -0.126. The molecular formula is C33H29Cl2N7O4. The Bertz CT molecular complexity index is 1860. The van der Waals surface area contributed by atoms with Gasteiger partial charge in [-0.05, 0) is 74.7 Å². The molecule has 1 aliphatic carbocycles. The number of amides is 3. The second-order valence-corrected chi connectivity index (χ2v) is 12.7. The number of fused-ring (bicyclic) bond motifs is 1. The molecule has 1 aliphatic heterocycles. The van der Waals surface area contributed by atoms with Gasteiger partial charge in [-0.2, -0.15) is 5.26 Å². The first kappa shape index (κ1) is 31.2. The summed E-state index contributed by atoms with van der Waals surface area (Å²) in [6.07, 6.45) is 3.20. The third-order valence-corrected chi connectivity index (χ3v) is 8.83. The highest BCUT2D eigenvalue weighted by Gasteiger charge is 2.52. The highest BCUT2D eigenvalue weighted by molar-refractivity contribution is 6.35. The number of pyridine rings is 1. The molecule has 46 heavy (non-hydrogen) atoms. The molecule has 234 valence electrons. The van der Waals surface area contributed by atoms with Crippen LogP contribution in [-0.4, -0.2) is 49.5 Å². The molecule has 2 aromatic heterocycles. The number of carbonyl (C=O) groups excluding carboxylic acids is 3. The summed E-state index contributed by atoms with van der Waals surface area (Å²) in [5.41, 5.74) is 0.210. The Balaban J connectivity index is 1.35. The molecule has 0 saturated heterocycles. The van der Waals surface area contributed by atoms with Gasteiger partial charge in [-0.25, -0.2) is 9.88 Å². The number of halogens is 2. The van der Waals surface area contributed by atoms with Crippen LogP contribution in [-0.2, 0) is 27.1 Å². The molecule has 3 N–H and O–H groups in total. The van der Waals surface area contributed by atoms with Gasteiger partial charge in [0.1, 0.15) is 17.3 Å². The van der Waals surface area contributed by atoms with Gasteiger partial charge in [0.05, 0.1) is 40.9 Å². The van der Waals surface area contributed by atoms with E-state index in [9.17, 15) is 24.8 Å². The molecule has 0 spiro atoms. The SMILES string of the molecule is CC(O)[C@@H](NC(=O)c1cnc2n1[C@](C)(Cc1ccc(C#N)cc1)C(=O)N2c1cc(Cl)cc(Cl)c1)C(=O)NC1(c2ccccn2)CC1. The largest absolute Gasteiger partial charge is 0.391 e. The number of aliphatic hydroxyl groups excluding tert-OH is 1. The van der Waals surface area contributed by atoms with Gasteiger partial charge >= 0.3 is 0 Å². The Kier molecular flexibility index (Phi) is 8.06. The Labute approximate surface area is 274 Å². The van der Waals surface area contributed by atoms with E-state index in [2.05, 4.69) is 26.7 Å². The summed E-state index contributed by atoms with van der Waals surface area (Å²) in [6.45, 7) is 3.10. The van der Waals surface area contributed by atoms with Crippen molar-refractivity contribution >= 4 is 52.6 Å². The molecule has 13 heteroatoms. The maximum atomic E-state index is 14.3. The molecule has 2 aromatic carbocycles. The monoisotopic (exact) mass is 657 g/mol. The quantitative estimate of drug-likeness (QED) is 0.241. The van der Waals surface area contributed by atoms with Crippen molar-refractivity contribution in [3.05, 3.63) is 106 Å². The average Bonchev–Trinajstić information content (AvgIpc) is 3.61. The first-order valence-corrected chi connectivity index (χ1v) is 15.3. The fourth-order valence-electron chi connectivity index (χ4n) is 5.87. The lowest BCUT2D eigenvalue weighted by Crippen LogP contribution is -2.55. The van der Waals surface area contributed by atoms with E-state index >= 15 is 0 Å². The lowest BCUT2D eigenvalue weighted by atomic mass is 9.91. The maximum absolute atomic E-state index is 14.3. The number of nitrogens with zero attached hydrogens (tertiary/aromatic N) is 5. The Morgan fingerprint density at radius 2 is 1.78 bits per heavy atom. The highest BCUT2D eigenvalue weighted by atomic mass is 35.5. The molecular weight excluding hydrogens is 629 g/mol. The number of hydrogen-bond donors (Lipinski definition) is 3. The molecule has 11 nitrogen and oxygen atoms in total. The van der Waals surface area contributed by atoms with E-state index in [0.29, 0.717) is 39.8 Å². The number of nitrogens with one attached hydrogen (secondary N) is 2. The van der Waals surface area contributed by atoms with Crippen molar-refractivity contribution in [2.45, 2.75) is 56.3 Å². The van der Waals surface area contributed by atoms with E-state index in [0.717, 1.165) is 5.56 Å². The number of aromatic nitrogens is 3. The van der Waals surface area contributed by atoms with Crippen LogP contribution >= 0.6 is 23.2 Å². The van der Waals surface area contributed by atoms with Crippen LogP contribution in [0.2, 0.25) is 10.0 Å². The fraction of sp³-hybridized carbons (Fsp3) is 0.273. The van der Waals surface area contributed by atoms with E-state index in [1.165, 1.54) is 28.7 Å². The average molecular weight is 659 g/mol. The number of carbonyl (C=O) groups is 3.